The third-order valence-corrected chi connectivity index (χ3v) is 2.02. The van der Waals surface area contributed by atoms with Gasteiger partial charge in [-0.25, -0.2) is 0 Å². The maximum Gasteiger partial charge on any atom is 0.317 e. The monoisotopic (exact) mass is 233 g/mol. The van der Waals surface area contributed by atoms with Crippen LogP contribution in [-0.2, 0) is 9.53 Å². The molecule has 80 valence electrons. The summed E-state index contributed by atoms with van der Waals surface area (Å²) >= 11 is 5.73. The number of carbonyl (C=O) groups excluding carboxylic acids is 1. The number of nitriles is 1. The Bertz CT molecular complexity index is 506. The zero-order valence-electron chi connectivity index (χ0n) is 8.58. The molecule has 0 bridgehead atoms. The topological polar surface area (TPSA) is 50.1 Å². The zero-order chi connectivity index (χ0) is 12.0. The second-order valence-electron chi connectivity index (χ2n) is 2.86. The average molecular weight is 234 g/mol. The van der Waals surface area contributed by atoms with Crippen LogP contribution in [-0.4, -0.2) is 13.1 Å². The van der Waals surface area contributed by atoms with E-state index in [1.54, 1.807) is 12.1 Å². The molecular weight excluding hydrogens is 226 g/mol. The van der Waals surface area contributed by atoms with Crippen molar-refractivity contribution in [1.29, 1.82) is 5.26 Å². The van der Waals surface area contributed by atoms with Gasteiger partial charge in [-0.15, -0.1) is 0 Å². The predicted molar refractivity (Wildman–Crippen MR) is 59.7 cm³/mol. The van der Waals surface area contributed by atoms with Crippen molar-refractivity contribution < 1.29 is 9.53 Å². The quantitative estimate of drug-likeness (QED) is 0.552. The Labute approximate surface area is 98.6 Å². The molecular formula is C12H8ClNO2. The van der Waals surface area contributed by atoms with Gasteiger partial charge in [0.2, 0.25) is 0 Å². The molecule has 0 N–H and O–H groups in total. The molecule has 3 nitrogen and oxygen atoms in total. The van der Waals surface area contributed by atoms with Crippen molar-refractivity contribution in [3.8, 4) is 17.9 Å². The maximum absolute atomic E-state index is 10.8. The Balaban J connectivity index is 2.89. The van der Waals surface area contributed by atoms with Crippen molar-refractivity contribution in [2.75, 3.05) is 7.11 Å². The first-order valence-corrected chi connectivity index (χ1v) is 4.80. The molecule has 0 aliphatic heterocycles. The number of methoxy groups -OCH3 is 1. The Morgan fingerprint density at radius 2 is 2.25 bits per heavy atom. The van der Waals surface area contributed by atoms with Gasteiger partial charge in [0.05, 0.1) is 12.7 Å². The highest BCUT2D eigenvalue weighted by atomic mass is 35.5. The van der Waals surface area contributed by atoms with Crippen LogP contribution >= 0.6 is 11.6 Å². The van der Waals surface area contributed by atoms with Gasteiger partial charge < -0.3 is 4.74 Å². The molecule has 0 amide bonds. The average Bonchev–Trinajstić information content (AvgIpc) is 2.30. The normalized spacial score (nSPS) is 8.56. The van der Waals surface area contributed by atoms with E-state index in [1.807, 2.05) is 6.07 Å². The number of nitrogens with zero attached hydrogens (tertiary/aromatic N) is 1. The van der Waals surface area contributed by atoms with E-state index in [0.29, 0.717) is 16.1 Å². The standard InChI is InChI=1S/C12H8ClNO2/c1-16-12(15)4-2-3-9-5-6-11(13)7-10(9)8-14/h5-7H,4H2,1H3. The largest absolute Gasteiger partial charge is 0.468 e. The van der Waals surface area contributed by atoms with Crippen molar-refractivity contribution in [2.24, 2.45) is 0 Å². The van der Waals surface area contributed by atoms with Crippen molar-refractivity contribution in [3.63, 3.8) is 0 Å². The SMILES string of the molecule is COC(=O)CC#Cc1ccc(Cl)cc1C#N. The lowest BCUT2D eigenvalue weighted by Crippen LogP contribution is -1.97. The van der Waals surface area contributed by atoms with Crippen LogP contribution in [0, 0.1) is 23.2 Å². The number of hydrogen-bond acceptors (Lipinski definition) is 3. The molecule has 0 radical (unpaired) electrons. The summed E-state index contributed by atoms with van der Waals surface area (Å²) in [7, 11) is 1.30. The predicted octanol–water partition coefficient (Wildman–Crippen LogP) is 2.13. The lowest BCUT2D eigenvalue weighted by molar-refractivity contribution is -0.139. The fourth-order valence-electron chi connectivity index (χ4n) is 1.00. The number of halogens is 1. The van der Waals surface area contributed by atoms with E-state index < -0.39 is 5.97 Å². The second-order valence-corrected chi connectivity index (χ2v) is 3.29. The molecule has 0 aliphatic carbocycles. The summed E-state index contributed by atoms with van der Waals surface area (Å²) in [6.07, 6.45) is 0.00396. The summed E-state index contributed by atoms with van der Waals surface area (Å²) in [6.45, 7) is 0. The minimum atomic E-state index is -0.403. The van der Waals surface area contributed by atoms with Crippen LogP contribution in [0.1, 0.15) is 17.5 Å². The van der Waals surface area contributed by atoms with E-state index in [-0.39, 0.29) is 6.42 Å². The van der Waals surface area contributed by atoms with Gasteiger partial charge in [-0.2, -0.15) is 5.26 Å². The molecule has 0 spiro atoms. The highest BCUT2D eigenvalue weighted by molar-refractivity contribution is 6.30. The Kier molecular flexibility index (Phi) is 4.39. The summed E-state index contributed by atoms with van der Waals surface area (Å²) in [5.74, 6) is 4.95. The van der Waals surface area contributed by atoms with Gasteiger partial charge >= 0.3 is 5.97 Å². The fraction of sp³-hybridized carbons (Fsp3) is 0.167. The molecule has 1 aromatic carbocycles. The molecule has 0 saturated carbocycles. The van der Waals surface area contributed by atoms with Gasteiger partial charge in [0.15, 0.2) is 0 Å². The number of hydrogen-bond donors (Lipinski definition) is 0. The summed E-state index contributed by atoms with van der Waals surface area (Å²) in [6, 6.07) is 6.80. The maximum atomic E-state index is 10.8. The van der Waals surface area contributed by atoms with Gasteiger partial charge in [0.25, 0.3) is 0 Å². The lowest BCUT2D eigenvalue weighted by atomic mass is 10.1. The molecule has 4 heteroatoms. The minimum absolute atomic E-state index is 0.00396. The van der Waals surface area contributed by atoms with Crippen LogP contribution in [0.25, 0.3) is 0 Å². The van der Waals surface area contributed by atoms with Gasteiger partial charge in [-0.05, 0) is 18.2 Å². The van der Waals surface area contributed by atoms with Crippen molar-refractivity contribution in [2.45, 2.75) is 6.42 Å². The second kappa shape index (κ2) is 5.80. The molecule has 0 unspecified atom stereocenters. The van der Waals surface area contributed by atoms with Crippen LogP contribution in [0.2, 0.25) is 5.02 Å². The highest BCUT2D eigenvalue weighted by Gasteiger charge is 2.00. The number of esters is 1. The number of carbonyl (C=O) groups is 1. The van der Waals surface area contributed by atoms with Gasteiger partial charge in [-0.1, -0.05) is 23.4 Å². The number of ether oxygens (including phenoxy) is 1. The Hall–Kier alpha value is -1.97. The Morgan fingerprint density at radius 1 is 1.50 bits per heavy atom. The number of rotatable bonds is 1. The number of benzene rings is 1. The summed E-state index contributed by atoms with van der Waals surface area (Å²) in [5.41, 5.74) is 0.945. The zero-order valence-corrected chi connectivity index (χ0v) is 9.34. The summed E-state index contributed by atoms with van der Waals surface area (Å²) in [5, 5.41) is 9.31. The van der Waals surface area contributed by atoms with Crippen LogP contribution < -0.4 is 0 Å². The third-order valence-electron chi connectivity index (χ3n) is 1.79. The molecule has 1 aromatic rings. The van der Waals surface area contributed by atoms with Crippen molar-refractivity contribution in [1.82, 2.24) is 0 Å². The van der Waals surface area contributed by atoms with Crippen LogP contribution in [0.5, 0.6) is 0 Å². The molecule has 0 atom stereocenters. The van der Waals surface area contributed by atoms with Gasteiger partial charge in [-0.3, -0.25) is 4.79 Å². The fourth-order valence-corrected chi connectivity index (χ4v) is 1.17. The highest BCUT2D eigenvalue weighted by Crippen LogP contribution is 2.14. The van der Waals surface area contributed by atoms with E-state index in [1.165, 1.54) is 13.2 Å². The molecule has 0 aliphatic rings. The van der Waals surface area contributed by atoms with Crippen LogP contribution in [0.4, 0.5) is 0 Å². The van der Waals surface area contributed by atoms with Gasteiger partial charge in [0.1, 0.15) is 12.5 Å². The van der Waals surface area contributed by atoms with Crippen LogP contribution in [0.15, 0.2) is 18.2 Å². The first kappa shape index (κ1) is 12.1. The third kappa shape index (κ3) is 3.31. The lowest BCUT2D eigenvalue weighted by Gasteiger charge is -1.95. The molecule has 0 fully saturated rings. The molecule has 0 saturated heterocycles. The minimum Gasteiger partial charge on any atom is -0.468 e. The van der Waals surface area contributed by atoms with Crippen molar-refractivity contribution >= 4 is 17.6 Å². The van der Waals surface area contributed by atoms with Crippen molar-refractivity contribution in [3.05, 3.63) is 34.3 Å². The van der Waals surface area contributed by atoms with Gasteiger partial charge in [0, 0.05) is 10.6 Å². The first-order valence-electron chi connectivity index (χ1n) is 4.42. The van der Waals surface area contributed by atoms with E-state index in [2.05, 4.69) is 16.6 Å². The smallest absolute Gasteiger partial charge is 0.317 e. The van der Waals surface area contributed by atoms with Crippen LogP contribution in [0.3, 0.4) is 0 Å². The molecule has 1 rings (SSSR count). The Morgan fingerprint density at radius 3 is 2.88 bits per heavy atom. The molecule has 16 heavy (non-hydrogen) atoms. The summed E-state index contributed by atoms with van der Waals surface area (Å²) < 4.78 is 4.44. The van der Waals surface area contributed by atoms with E-state index in [0.717, 1.165) is 0 Å². The first-order chi connectivity index (χ1) is 7.67. The van der Waals surface area contributed by atoms with E-state index >= 15 is 0 Å². The van der Waals surface area contributed by atoms with E-state index in [9.17, 15) is 4.79 Å². The molecule has 0 aromatic heterocycles. The summed E-state index contributed by atoms with van der Waals surface area (Å²) in [4.78, 5) is 10.8. The molecule has 0 heterocycles. The van der Waals surface area contributed by atoms with E-state index in [4.69, 9.17) is 16.9 Å².